The normalized spacial score (nSPS) is 15.6. The number of benzene rings is 2. The quantitative estimate of drug-likeness (QED) is 0.676. The summed E-state index contributed by atoms with van der Waals surface area (Å²) in [6.45, 7) is 8.61. The molecule has 0 bridgehead atoms. The second kappa shape index (κ2) is 10.2. The molecule has 1 amide bonds. The Morgan fingerprint density at radius 3 is 2.17 bits per heavy atom. The van der Waals surface area contributed by atoms with E-state index in [1.54, 1.807) is 12.1 Å². The Kier molecular flexibility index (Phi) is 7.64. The second-order valence-electron chi connectivity index (χ2n) is 7.39. The van der Waals surface area contributed by atoms with Gasteiger partial charge in [-0.1, -0.05) is 42.1 Å². The molecule has 1 aliphatic heterocycles. The van der Waals surface area contributed by atoms with E-state index in [1.165, 1.54) is 0 Å². The molecule has 7 heteroatoms. The van der Waals surface area contributed by atoms with E-state index in [0.29, 0.717) is 23.2 Å². The number of anilines is 1. The predicted octanol–water partition coefficient (Wildman–Crippen LogP) is 4.37. The van der Waals surface area contributed by atoms with E-state index >= 15 is 0 Å². The van der Waals surface area contributed by atoms with E-state index in [9.17, 15) is 13.6 Å². The number of thioether (sulfide) groups is 1. The Labute approximate surface area is 175 Å². The lowest BCUT2D eigenvalue weighted by atomic mass is 10.1. The summed E-state index contributed by atoms with van der Waals surface area (Å²) in [5.74, 6) is -2.37. The summed E-state index contributed by atoms with van der Waals surface area (Å²) in [7, 11) is 0. The number of halogens is 2. The first kappa shape index (κ1) is 21.7. The SMILES string of the molecule is Cc1cccc(C)c1NC(=O)CN1CCN(Cc2ccc(SC(F)F)cc2)CC1. The first-order chi connectivity index (χ1) is 13.9. The molecule has 2 aromatic rings. The molecule has 1 fully saturated rings. The number of carbonyl (C=O) groups is 1. The Morgan fingerprint density at radius 1 is 1.00 bits per heavy atom. The predicted molar refractivity (Wildman–Crippen MR) is 115 cm³/mol. The van der Waals surface area contributed by atoms with Gasteiger partial charge >= 0.3 is 0 Å². The minimum Gasteiger partial charge on any atom is -0.324 e. The lowest BCUT2D eigenvalue weighted by Crippen LogP contribution is -2.48. The molecule has 3 rings (SSSR count). The van der Waals surface area contributed by atoms with Crippen LogP contribution in [0.4, 0.5) is 14.5 Å². The van der Waals surface area contributed by atoms with Crippen molar-refractivity contribution < 1.29 is 13.6 Å². The third-order valence-electron chi connectivity index (χ3n) is 5.13. The van der Waals surface area contributed by atoms with Gasteiger partial charge < -0.3 is 5.32 Å². The fraction of sp³-hybridized carbons (Fsp3) is 0.409. The zero-order valence-corrected chi connectivity index (χ0v) is 17.6. The molecule has 0 atom stereocenters. The second-order valence-corrected chi connectivity index (χ2v) is 8.45. The number of alkyl halides is 2. The number of para-hydroxylation sites is 1. The molecule has 156 valence electrons. The summed E-state index contributed by atoms with van der Waals surface area (Å²) in [5, 5.41) is 3.05. The van der Waals surface area contributed by atoms with Crippen LogP contribution in [-0.2, 0) is 11.3 Å². The van der Waals surface area contributed by atoms with E-state index in [0.717, 1.165) is 55.1 Å². The molecule has 0 aromatic heterocycles. The Bertz CT molecular complexity index is 801. The number of carbonyl (C=O) groups excluding carboxylic acids is 1. The highest BCUT2D eigenvalue weighted by molar-refractivity contribution is 7.99. The van der Waals surface area contributed by atoms with E-state index in [4.69, 9.17) is 0 Å². The van der Waals surface area contributed by atoms with E-state index in [1.807, 2.05) is 44.2 Å². The summed E-state index contributed by atoms with van der Waals surface area (Å²) < 4.78 is 24.8. The lowest BCUT2D eigenvalue weighted by molar-refractivity contribution is -0.117. The fourth-order valence-electron chi connectivity index (χ4n) is 3.53. The maximum atomic E-state index is 12.4. The Balaban J connectivity index is 1.44. The Morgan fingerprint density at radius 2 is 1.59 bits per heavy atom. The minimum atomic E-state index is -2.39. The van der Waals surface area contributed by atoms with Crippen LogP contribution >= 0.6 is 11.8 Å². The largest absolute Gasteiger partial charge is 0.324 e. The minimum absolute atomic E-state index is 0.0166. The maximum Gasteiger partial charge on any atom is 0.288 e. The zero-order valence-electron chi connectivity index (χ0n) is 16.8. The van der Waals surface area contributed by atoms with Gasteiger partial charge in [-0.05, 0) is 42.7 Å². The average Bonchev–Trinajstić information content (AvgIpc) is 2.67. The van der Waals surface area contributed by atoms with Crippen molar-refractivity contribution in [2.75, 3.05) is 38.0 Å². The van der Waals surface area contributed by atoms with Gasteiger partial charge in [-0.2, -0.15) is 8.78 Å². The highest BCUT2D eigenvalue weighted by atomic mass is 32.2. The highest BCUT2D eigenvalue weighted by Gasteiger charge is 2.19. The molecule has 0 aliphatic carbocycles. The first-order valence-electron chi connectivity index (χ1n) is 9.75. The van der Waals surface area contributed by atoms with Crippen LogP contribution in [-0.4, -0.2) is 54.2 Å². The van der Waals surface area contributed by atoms with Gasteiger partial charge in [0.2, 0.25) is 5.91 Å². The van der Waals surface area contributed by atoms with Gasteiger partial charge in [0, 0.05) is 43.3 Å². The number of nitrogens with zero attached hydrogens (tertiary/aromatic N) is 2. The number of piperazine rings is 1. The Hall–Kier alpha value is -1.96. The van der Waals surface area contributed by atoms with Crippen LogP contribution in [0.3, 0.4) is 0 Å². The van der Waals surface area contributed by atoms with Gasteiger partial charge in [-0.15, -0.1) is 0 Å². The van der Waals surface area contributed by atoms with E-state index in [2.05, 4.69) is 15.1 Å². The topological polar surface area (TPSA) is 35.6 Å². The van der Waals surface area contributed by atoms with Gasteiger partial charge in [-0.3, -0.25) is 14.6 Å². The molecule has 29 heavy (non-hydrogen) atoms. The number of amides is 1. The molecule has 1 saturated heterocycles. The van der Waals surface area contributed by atoms with Crippen LogP contribution in [0.5, 0.6) is 0 Å². The third kappa shape index (κ3) is 6.52. The molecule has 0 radical (unpaired) electrons. The molecule has 1 aliphatic rings. The van der Waals surface area contributed by atoms with Crippen LogP contribution in [0.15, 0.2) is 47.4 Å². The summed E-state index contributed by atoms with van der Waals surface area (Å²) in [5.41, 5.74) is 4.16. The number of nitrogens with one attached hydrogen (secondary N) is 1. The molecule has 1 heterocycles. The highest BCUT2D eigenvalue weighted by Crippen LogP contribution is 2.25. The lowest BCUT2D eigenvalue weighted by Gasteiger charge is -2.34. The maximum absolute atomic E-state index is 12.4. The van der Waals surface area contributed by atoms with Crippen LogP contribution in [0.2, 0.25) is 0 Å². The first-order valence-corrected chi connectivity index (χ1v) is 10.6. The summed E-state index contributed by atoms with van der Waals surface area (Å²) in [6, 6.07) is 13.3. The van der Waals surface area contributed by atoms with Gasteiger partial charge in [0.05, 0.1) is 6.54 Å². The molecule has 0 unspecified atom stereocenters. The molecular weight excluding hydrogens is 392 g/mol. The smallest absolute Gasteiger partial charge is 0.288 e. The van der Waals surface area contributed by atoms with Gasteiger partial charge in [0.25, 0.3) is 5.76 Å². The van der Waals surface area contributed by atoms with Crippen LogP contribution < -0.4 is 5.32 Å². The molecule has 0 saturated carbocycles. The fourth-order valence-corrected chi connectivity index (χ4v) is 4.03. The van der Waals surface area contributed by atoms with Crippen molar-refractivity contribution in [1.29, 1.82) is 0 Å². The van der Waals surface area contributed by atoms with Crippen molar-refractivity contribution in [2.24, 2.45) is 0 Å². The summed E-state index contributed by atoms with van der Waals surface area (Å²) >= 11 is 0.570. The van der Waals surface area contributed by atoms with E-state index < -0.39 is 5.76 Å². The third-order valence-corrected chi connectivity index (χ3v) is 5.85. The molecule has 0 spiro atoms. The van der Waals surface area contributed by atoms with Crippen molar-refractivity contribution in [3.63, 3.8) is 0 Å². The molecule has 2 aromatic carbocycles. The summed E-state index contributed by atoms with van der Waals surface area (Å²) in [6.07, 6.45) is 0. The van der Waals surface area contributed by atoms with Crippen LogP contribution in [0.1, 0.15) is 16.7 Å². The number of rotatable bonds is 7. The van der Waals surface area contributed by atoms with Gasteiger partial charge in [0.15, 0.2) is 0 Å². The number of hydrogen-bond acceptors (Lipinski definition) is 4. The van der Waals surface area contributed by atoms with Crippen LogP contribution in [0, 0.1) is 13.8 Å². The molecular formula is C22H27F2N3OS. The average molecular weight is 420 g/mol. The number of aryl methyl sites for hydroxylation is 2. The van der Waals surface area contributed by atoms with Gasteiger partial charge in [-0.25, -0.2) is 0 Å². The van der Waals surface area contributed by atoms with E-state index in [-0.39, 0.29) is 5.91 Å². The zero-order chi connectivity index (χ0) is 20.8. The monoisotopic (exact) mass is 419 g/mol. The van der Waals surface area contributed by atoms with Crippen LogP contribution in [0.25, 0.3) is 0 Å². The van der Waals surface area contributed by atoms with Crippen molar-refractivity contribution >= 4 is 23.4 Å². The van der Waals surface area contributed by atoms with Crippen molar-refractivity contribution in [2.45, 2.75) is 31.0 Å². The van der Waals surface area contributed by atoms with Crippen molar-refractivity contribution in [1.82, 2.24) is 9.80 Å². The van der Waals surface area contributed by atoms with Gasteiger partial charge in [0.1, 0.15) is 0 Å². The molecule has 1 N–H and O–H groups in total. The standard InChI is InChI=1S/C22H27F2N3OS/c1-16-4-3-5-17(2)21(16)25-20(28)15-27-12-10-26(11-13-27)14-18-6-8-19(9-7-18)29-22(23)24/h3-9,22H,10-15H2,1-2H3,(H,25,28). The van der Waals surface area contributed by atoms with Crippen molar-refractivity contribution in [3.8, 4) is 0 Å². The molecule has 4 nitrogen and oxygen atoms in total. The summed E-state index contributed by atoms with van der Waals surface area (Å²) in [4.78, 5) is 17.5. The van der Waals surface area contributed by atoms with Crippen molar-refractivity contribution in [3.05, 3.63) is 59.2 Å². The number of hydrogen-bond donors (Lipinski definition) is 1.